The van der Waals surface area contributed by atoms with E-state index in [4.69, 9.17) is 0 Å². The van der Waals surface area contributed by atoms with Crippen LogP contribution in [0.15, 0.2) is 24.7 Å². The van der Waals surface area contributed by atoms with Crippen LogP contribution in [0, 0.1) is 5.92 Å². The minimum Gasteiger partial charge on any atom is -0.345 e. The lowest BCUT2D eigenvalue weighted by Gasteiger charge is -2.28. The van der Waals surface area contributed by atoms with Crippen molar-refractivity contribution in [2.24, 2.45) is 5.92 Å². The third kappa shape index (κ3) is 1.58. The van der Waals surface area contributed by atoms with Crippen LogP contribution in [0.25, 0.3) is 16.7 Å². The van der Waals surface area contributed by atoms with Gasteiger partial charge in [0.25, 0.3) is 0 Å². The van der Waals surface area contributed by atoms with Crippen molar-refractivity contribution in [3.05, 3.63) is 30.5 Å². The average Bonchev–Trinajstić information content (AvgIpc) is 3.04. The van der Waals surface area contributed by atoms with Gasteiger partial charge in [-0.05, 0) is 24.9 Å². The van der Waals surface area contributed by atoms with E-state index in [1.165, 1.54) is 6.42 Å². The molecule has 3 aromatic rings. The zero-order valence-electron chi connectivity index (χ0n) is 10.9. The summed E-state index contributed by atoms with van der Waals surface area (Å²) in [7, 11) is 0. The van der Waals surface area contributed by atoms with Gasteiger partial charge in [0, 0.05) is 18.7 Å². The molecule has 1 aliphatic rings. The van der Waals surface area contributed by atoms with E-state index >= 15 is 0 Å². The monoisotopic (exact) mass is 255 g/mol. The van der Waals surface area contributed by atoms with E-state index < -0.39 is 0 Å². The van der Waals surface area contributed by atoms with E-state index in [2.05, 4.69) is 37.7 Å². The number of fused-ring (bicyclic) bond motifs is 3. The molecule has 19 heavy (non-hydrogen) atoms. The number of aromatic amines is 1. The van der Waals surface area contributed by atoms with Gasteiger partial charge in [-0.15, -0.1) is 0 Å². The SMILES string of the molecule is CC1CCNCC1c1ncc2cnc3[nH]ccc3n12. The summed E-state index contributed by atoms with van der Waals surface area (Å²) in [6.45, 7) is 4.44. The highest BCUT2D eigenvalue weighted by Crippen LogP contribution is 2.29. The first-order valence-corrected chi connectivity index (χ1v) is 6.85. The maximum Gasteiger partial charge on any atom is 0.154 e. The Bertz CT molecular complexity index is 726. The molecule has 1 fully saturated rings. The van der Waals surface area contributed by atoms with Gasteiger partial charge in [-0.2, -0.15) is 0 Å². The van der Waals surface area contributed by atoms with Gasteiger partial charge in [-0.25, -0.2) is 9.97 Å². The lowest BCUT2D eigenvalue weighted by molar-refractivity contribution is 0.337. The molecule has 0 aliphatic carbocycles. The summed E-state index contributed by atoms with van der Waals surface area (Å²) >= 11 is 0. The standard InChI is InChI=1S/C14H17N5/c1-9-2-4-15-8-11(9)14-18-7-10-6-17-13-12(19(10)14)3-5-16-13/h3,5-7,9,11,15-16H,2,4,8H2,1H3. The van der Waals surface area contributed by atoms with Crippen LogP contribution in [-0.4, -0.2) is 32.4 Å². The van der Waals surface area contributed by atoms with Crippen molar-refractivity contribution in [3.63, 3.8) is 0 Å². The second-order valence-electron chi connectivity index (χ2n) is 5.42. The Hall–Kier alpha value is -1.88. The molecular formula is C14H17N5. The minimum absolute atomic E-state index is 0.469. The third-order valence-electron chi connectivity index (χ3n) is 4.25. The van der Waals surface area contributed by atoms with E-state index in [1.807, 2.05) is 18.6 Å². The number of nitrogens with one attached hydrogen (secondary N) is 2. The number of hydrogen-bond acceptors (Lipinski definition) is 3. The summed E-state index contributed by atoms with van der Waals surface area (Å²) in [6.07, 6.45) is 6.96. The molecule has 2 unspecified atom stereocenters. The van der Waals surface area contributed by atoms with E-state index in [9.17, 15) is 0 Å². The molecule has 2 N–H and O–H groups in total. The number of imidazole rings is 1. The third-order valence-corrected chi connectivity index (χ3v) is 4.25. The fraction of sp³-hybridized carbons (Fsp3) is 0.429. The number of rotatable bonds is 1. The zero-order chi connectivity index (χ0) is 12.8. The molecule has 98 valence electrons. The molecule has 0 radical (unpaired) electrons. The van der Waals surface area contributed by atoms with Crippen molar-refractivity contribution in [1.29, 1.82) is 0 Å². The first kappa shape index (κ1) is 11.0. The molecule has 4 heterocycles. The molecule has 1 aliphatic heterocycles. The highest BCUT2D eigenvalue weighted by atomic mass is 15.1. The summed E-state index contributed by atoms with van der Waals surface area (Å²) < 4.78 is 2.24. The molecular weight excluding hydrogens is 238 g/mol. The average molecular weight is 255 g/mol. The van der Waals surface area contributed by atoms with Crippen molar-refractivity contribution in [1.82, 2.24) is 24.7 Å². The summed E-state index contributed by atoms with van der Waals surface area (Å²) in [6, 6.07) is 2.07. The number of hydrogen-bond donors (Lipinski definition) is 2. The number of H-pyrrole nitrogens is 1. The quantitative estimate of drug-likeness (QED) is 0.698. The molecule has 2 atom stereocenters. The highest BCUT2D eigenvalue weighted by molar-refractivity contribution is 5.75. The Morgan fingerprint density at radius 1 is 1.32 bits per heavy atom. The Labute approximate surface area is 111 Å². The summed E-state index contributed by atoms with van der Waals surface area (Å²) in [5, 5.41) is 3.48. The molecule has 3 aromatic heterocycles. The first-order valence-electron chi connectivity index (χ1n) is 6.85. The van der Waals surface area contributed by atoms with Crippen molar-refractivity contribution in [2.45, 2.75) is 19.3 Å². The Morgan fingerprint density at radius 3 is 3.11 bits per heavy atom. The maximum atomic E-state index is 4.67. The second-order valence-corrected chi connectivity index (χ2v) is 5.42. The minimum atomic E-state index is 0.469. The van der Waals surface area contributed by atoms with E-state index in [0.29, 0.717) is 11.8 Å². The molecule has 0 amide bonds. The molecule has 5 heteroatoms. The molecule has 0 spiro atoms. The summed E-state index contributed by atoms with van der Waals surface area (Å²) in [5.41, 5.74) is 3.10. The van der Waals surface area contributed by atoms with Crippen LogP contribution in [0.4, 0.5) is 0 Å². The van der Waals surface area contributed by atoms with Crippen molar-refractivity contribution in [3.8, 4) is 0 Å². The van der Waals surface area contributed by atoms with Gasteiger partial charge in [-0.3, -0.25) is 4.40 Å². The topological polar surface area (TPSA) is 58.0 Å². The number of aromatic nitrogens is 4. The van der Waals surface area contributed by atoms with E-state index in [1.54, 1.807) is 0 Å². The Kier molecular flexibility index (Phi) is 2.35. The molecule has 4 rings (SSSR count). The van der Waals surface area contributed by atoms with Crippen LogP contribution >= 0.6 is 0 Å². The summed E-state index contributed by atoms with van der Waals surface area (Å²) in [5.74, 6) is 2.28. The smallest absolute Gasteiger partial charge is 0.154 e. The highest BCUT2D eigenvalue weighted by Gasteiger charge is 2.26. The van der Waals surface area contributed by atoms with Crippen LogP contribution in [0.3, 0.4) is 0 Å². The largest absolute Gasteiger partial charge is 0.345 e. The molecule has 1 saturated heterocycles. The van der Waals surface area contributed by atoms with Crippen LogP contribution < -0.4 is 5.32 Å². The van der Waals surface area contributed by atoms with Crippen LogP contribution in [0.2, 0.25) is 0 Å². The normalized spacial score (nSPS) is 24.3. The van der Waals surface area contributed by atoms with Crippen molar-refractivity contribution >= 4 is 16.7 Å². The van der Waals surface area contributed by atoms with E-state index in [-0.39, 0.29) is 0 Å². The van der Waals surface area contributed by atoms with Gasteiger partial charge >= 0.3 is 0 Å². The van der Waals surface area contributed by atoms with Gasteiger partial charge in [0.2, 0.25) is 0 Å². The van der Waals surface area contributed by atoms with Gasteiger partial charge in [-0.1, -0.05) is 6.92 Å². The van der Waals surface area contributed by atoms with Crippen molar-refractivity contribution < 1.29 is 0 Å². The van der Waals surface area contributed by atoms with Crippen LogP contribution in [0.1, 0.15) is 25.1 Å². The molecule has 0 bridgehead atoms. The van der Waals surface area contributed by atoms with Crippen LogP contribution in [0.5, 0.6) is 0 Å². The predicted octanol–water partition coefficient (Wildman–Crippen LogP) is 1.92. The number of piperidine rings is 1. The maximum absolute atomic E-state index is 4.67. The second kappa shape index (κ2) is 4.06. The number of nitrogens with zero attached hydrogens (tertiary/aromatic N) is 3. The fourth-order valence-electron chi connectivity index (χ4n) is 3.10. The predicted molar refractivity (Wildman–Crippen MR) is 74.2 cm³/mol. The molecule has 0 aromatic carbocycles. The fourth-order valence-corrected chi connectivity index (χ4v) is 3.10. The van der Waals surface area contributed by atoms with Gasteiger partial charge < -0.3 is 10.3 Å². The molecule has 5 nitrogen and oxygen atoms in total. The Morgan fingerprint density at radius 2 is 2.21 bits per heavy atom. The van der Waals surface area contributed by atoms with Gasteiger partial charge in [0.15, 0.2) is 5.65 Å². The van der Waals surface area contributed by atoms with Crippen LogP contribution in [-0.2, 0) is 0 Å². The van der Waals surface area contributed by atoms with Gasteiger partial charge in [0.1, 0.15) is 5.82 Å². The van der Waals surface area contributed by atoms with Gasteiger partial charge in [0.05, 0.1) is 23.4 Å². The zero-order valence-corrected chi connectivity index (χ0v) is 10.9. The Balaban J connectivity index is 1.96. The lowest BCUT2D eigenvalue weighted by Crippen LogP contribution is -2.34. The van der Waals surface area contributed by atoms with E-state index in [0.717, 1.165) is 35.6 Å². The lowest BCUT2D eigenvalue weighted by atomic mass is 9.87. The molecule has 0 saturated carbocycles. The van der Waals surface area contributed by atoms with Crippen molar-refractivity contribution in [2.75, 3.05) is 13.1 Å². The first-order chi connectivity index (χ1) is 9.34. The summed E-state index contributed by atoms with van der Waals surface area (Å²) in [4.78, 5) is 12.3.